The van der Waals surface area contributed by atoms with Crippen LogP contribution in [0.25, 0.3) is 0 Å². The lowest BCUT2D eigenvalue weighted by Gasteiger charge is -2.11. The first-order chi connectivity index (χ1) is 5.37. The van der Waals surface area contributed by atoms with Gasteiger partial charge in [-0.25, -0.2) is 15.4 Å². The minimum atomic E-state index is -0.0126. The van der Waals surface area contributed by atoms with Crippen LogP contribution in [0.5, 0.6) is 0 Å². The third-order valence-corrected chi connectivity index (χ3v) is 2.14. The third-order valence-electron chi connectivity index (χ3n) is 2.14. The second-order valence-electron chi connectivity index (χ2n) is 2.85. The van der Waals surface area contributed by atoms with Gasteiger partial charge in [-0.15, -0.1) is 0 Å². The van der Waals surface area contributed by atoms with Gasteiger partial charge in [0.05, 0.1) is 5.54 Å². The molecule has 0 saturated heterocycles. The summed E-state index contributed by atoms with van der Waals surface area (Å²) in [6, 6.07) is 0. The quantitative estimate of drug-likeness (QED) is 0.457. The molecule has 1 aromatic rings. The molecular formula is C7H10N4. The molecule has 0 bridgehead atoms. The maximum absolute atomic E-state index is 5.40. The van der Waals surface area contributed by atoms with Gasteiger partial charge in [0.1, 0.15) is 6.33 Å². The van der Waals surface area contributed by atoms with Crippen molar-refractivity contribution in [1.82, 2.24) is 15.4 Å². The van der Waals surface area contributed by atoms with Gasteiger partial charge in [0.2, 0.25) is 0 Å². The lowest BCUT2D eigenvalue weighted by Crippen LogP contribution is -2.35. The van der Waals surface area contributed by atoms with Crippen LogP contribution in [0, 0.1) is 0 Å². The van der Waals surface area contributed by atoms with Gasteiger partial charge in [0.25, 0.3) is 0 Å². The van der Waals surface area contributed by atoms with Gasteiger partial charge in [-0.05, 0) is 12.8 Å². The van der Waals surface area contributed by atoms with E-state index < -0.39 is 0 Å². The molecule has 1 aliphatic carbocycles. The zero-order valence-electron chi connectivity index (χ0n) is 6.12. The number of aromatic nitrogens is 2. The van der Waals surface area contributed by atoms with Gasteiger partial charge >= 0.3 is 0 Å². The molecule has 2 rings (SSSR count). The molecular weight excluding hydrogens is 140 g/mol. The standard InChI is InChI=1S/C7H10N4/c8-11-7(1-2-7)6-3-9-5-10-4-6/h3-5,11H,1-2,8H2. The van der Waals surface area contributed by atoms with Gasteiger partial charge in [0.15, 0.2) is 0 Å². The molecule has 11 heavy (non-hydrogen) atoms. The average molecular weight is 150 g/mol. The molecule has 0 unspecified atom stereocenters. The molecule has 1 saturated carbocycles. The number of rotatable bonds is 2. The lowest BCUT2D eigenvalue weighted by molar-refractivity contribution is 0.537. The molecule has 1 aromatic heterocycles. The summed E-state index contributed by atoms with van der Waals surface area (Å²) < 4.78 is 0. The van der Waals surface area contributed by atoms with Gasteiger partial charge < -0.3 is 0 Å². The number of hydrogen-bond acceptors (Lipinski definition) is 4. The molecule has 0 aromatic carbocycles. The second kappa shape index (κ2) is 2.25. The van der Waals surface area contributed by atoms with Crippen molar-refractivity contribution in [2.24, 2.45) is 5.84 Å². The number of hydrazine groups is 1. The SMILES string of the molecule is NNC1(c2cncnc2)CC1. The molecule has 4 heteroatoms. The Labute approximate surface area is 64.8 Å². The van der Waals surface area contributed by atoms with Crippen molar-refractivity contribution >= 4 is 0 Å². The zero-order chi connectivity index (χ0) is 7.73. The first-order valence-electron chi connectivity index (χ1n) is 3.61. The fraction of sp³-hybridized carbons (Fsp3) is 0.429. The fourth-order valence-electron chi connectivity index (χ4n) is 1.19. The van der Waals surface area contributed by atoms with E-state index >= 15 is 0 Å². The highest BCUT2D eigenvalue weighted by Gasteiger charge is 2.43. The van der Waals surface area contributed by atoms with Crippen LogP contribution in [0.1, 0.15) is 18.4 Å². The van der Waals surface area contributed by atoms with Crippen molar-refractivity contribution in [1.29, 1.82) is 0 Å². The molecule has 0 atom stereocenters. The molecule has 4 nitrogen and oxygen atoms in total. The summed E-state index contributed by atoms with van der Waals surface area (Å²) in [6.07, 6.45) is 7.30. The first-order valence-corrected chi connectivity index (χ1v) is 3.61. The summed E-state index contributed by atoms with van der Waals surface area (Å²) in [5.74, 6) is 5.40. The normalized spacial score (nSPS) is 19.7. The van der Waals surface area contributed by atoms with Crippen LogP contribution in [0.15, 0.2) is 18.7 Å². The Kier molecular flexibility index (Phi) is 1.37. The van der Waals surface area contributed by atoms with E-state index in [1.165, 1.54) is 6.33 Å². The highest BCUT2D eigenvalue weighted by Crippen LogP contribution is 2.43. The van der Waals surface area contributed by atoms with Crippen molar-refractivity contribution in [3.05, 3.63) is 24.3 Å². The summed E-state index contributed by atoms with van der Waals surface area (Å²) in [6.45, 7) is 0. The predicted octanol–water partition coefficient (Wildman–Crippen LogP) is -0.0710. The molecule has 1 fully saturated rings. The van der Waals surface area contributed by atoms with E-state index in [2.05, 4.69) is 15.4 Å². The minimum Gasteiger partial charge on any atom is -0.271 e. The van der Waals surface area contributed by atoms with Crippen LogP contribution in [0.2, 0.25) is 0 Å². The first kappa shape index (κ1) is 6.69. The molecule has 1 aliphatic rings. The minimum absolute atomic E-state index is 0.0126. The van der Waals surface area contributed by atoms with Crippen LogP contribution in [0.3, 0.4) is 0 Å². The van der Waals surface area contributed by atoms with E-state index in [0.717, 1.165) is 18.4 Å². The molecule has 58 valence electrons. The highest BCUT2D eigenvalue weighted by molar-refractivity contribution is 5.24. The smallest absolute Gasteiger partial charge is 0.115 e. The molecule has 3 N–H and O–H groups in total. The average Bonchev–Trinajstić information content (AvgIpc) is 2.86. The Morgan fingerprint density at radius 1 is 1.36 bits per heavy atom. The summed E-state index contributed by atoms with van der Waals surface area (Å²) in [5.41, 5.74) is 3.86. The van der Waals surface area contributed by atoms with E-state index in [9.17, 15) is 0 Å². The molecule has 0 spiro atoms. The molecule has 1 heterocycles. The van der Waals surface area contributed by atoms with E-state index in [1.807, 2.05) is 0 Å². The van der Waals surface area contributed by atoms with Crippen LogP contribution < -0.4 is 11.3 Å². The van der Waals surface area contributed by atoms with E-state index in [0.29, 0.717) is 0 Å². The Bertz CT molecular complexity index is 242. The van der Waals surface area contributed by atoms with Gasteiger partial charge in [-0.2, -0.15) is 0 Å². The largest absolute Gasteiger partial charge is 0.271 e. The maximum atomic E-state index is 5.40. The van der Waals surface area contributed by atoms with Crippen LogP contribution in [0.4, 0.5) is 0 Å². The number of nitrogens with two attached hydrogens (primary N) is 1. The summed E-state index contributed by atoms with van der Waals surface area (Å²) in [4.78, 5) is 7.86. The monoisotopic (exact) mass is 150 g/mol. The number of hydrogen-bond donors (Lipinski definition) is 2. The van der Waals surface area contributed by atoms with Gasteiger partial charge in [0, 0.05) is 18.0 Å². The Morgan fingerprint density at radius 2 is 2.00 bits per heavy atom. The maximum Gasteiger partial charge on any atom is 0.115 e. The lowest BCUT2D eigenvalue weighted by atomic mass is 10.1. The topological polar surface area (TPSA) is 63.8 Å². The molecule has 0 radical (unpaired) electrons. The second-order valence-corrected chi connectivity index (χ2v) is 2.85. The van der Waals surface area contributed by atoms with Crippen molar-refractivity contribution in [3.63, 3.8) is 0 Å². The number of nitrogens with zero attached hydrogens (tertiary/aromatic N) is 2. The Morgan fingerprint density at radius 3 is 2.45 bits per heavy atom. The van der Waals surface area contributed by atoms with Gasteiger partial charge in [-0.1, -0.05) is 0 Å². The summed E-state index contributed by atoms with van der Waals surface area (Å²) in [5, 5.41) is 0. The zero-order valence-corrected chi connectivity index (χ0v) is 6.12. The third kappa shape index (κ3) is 1.00. The van der Waals surface area contributed by atoms with Crippen molar-refractivity contribution in [3.8, 4) is 0 Å². The number of nitrogens with one attached hydrogen (secondary N) is 1. The van der Waals surface area contributed by atoms with Gasteiger partial charge in [-0.3, -0.25) is 5.84 Å². The Balaban J connectivity index is 2.30. The summed E-state index contributed by atoms with van der Waals surface area (Å²) >= 11 is 0. The van der Waals surface area contributed by atoms with Crippen LogP contribution in [-0.2, 0) is 5.54 Å². The van der Waals surface area contributed by atoms with Crippen molar-refractivity contribution in [2.75, 3.05) is 0 Å². The van der Waals surface area contributed by atoms with Crippen LogP contribution >= 0.6 is 0 Å². The molecule has 0 aliphatic heterocycles. The van der Waals surface area contributed by atoms with Crippen LogP contribution in [-0.4, -0.2) is 9.97 Å². The van der Waals surface area contributed by atoms with Crippen molar-refractivity contribution in [2.45, 2.75) is 18.4 Å². The summed E-state index contributed by atoms with van der Waals surface area (Å²) in [7, 11) is 0. The molecule has 0 amide bonds. The fourth-order valence-corrected chi connectivity index (χ4v) is 1.19. The Hall–Kier alpha value is -1.00. The van der Waals surface area contributed by atoms with E-state index in [4.69, 9.17) is 5.84 Å². The predicted molar refractivity (Wildman–Crippen MR) is 40.3 cm³/mol. The van der Waals surface area contributed by atoms with E-state index in [1.54, 1.807) is 12.4 Å². The van der Waals surface area contributed by atoms with Crippen molar-refractivity contribution < 1.29 is 0 Å². The van der Waals surface area contributed by atoms with E-state index in [-0.39, 0.29) is 5.54 Å². The highest BCUT2D eigenvalue weighted by atomic mass is 15.3.